The van der Waals surface area contributed by atoms with E-state index in [0.717, 1.165) is 0 Å². The monoisotopic (exact) mass is 264 g/mol. The van der Waals surface area contributed by atoms with Crippen LogP contribution in [0, 0.1) is 10.1 Å². The Balaban J connectivity index is 2.86. The van der Waals surface area contributed by atoms with Gasteiger partial charge in [-0.2, -0.15) is 0 Å². The number of hydrogen-bond acceptors (Lipinski definition) is 7. The van der Waals surface area contributed by atoms with Gasteiger partial charge in [0.05, 0.1) is 12.6 Å². The number of ether oxygens (including phenoxy) is 1. The lowest BCUT2D eigenvalue weighted by atomic mass is 9.92. The molecular weight excluding hydrogens is 248 g/mol. The Labute approximate surface area is 103 Å². The first-order chi connectivity index (χ1) is 8.36. The fraction of sp³-hybridized carbons (Fsp3) is 0.889. The summed E-state index contributed by atoms with van der Waals surface area (Å²) in [6, 6.07) is -1.09. The van der Waals surface area contributed by atoms with Crippen molar-refractivity contribution in [2.24, 2.45) is 0 Å². The zero-order chi connectivity index (χ0) is 13.9. The van der Waals surface area contributed by atoms with Gasteiger partial charge < -0.3 is 25.4 Å². The largest absolute Gasteiger partial charge is 0.394 e. The molecular formula is C9H16N2O7. The number of aliphatic hydroxyl groups is 3. The number of nitro groups is 1. The number of hydrogen-bond donors (Lipinski definition) is 4. The van der Waals surface area contributed by atoms with Crippen LogP contribution in [0.1, 0.15) is 6.92 Å². The summed E-state index contributed by atoms with van der Waals surface area (Å²) in [7, 11) is 0. The van der Waals surface area contributed by atoms with E-state index in [4.69, 9.17) is 9.84 Å². The molecule has 0 unspecified atom stereocenters. The molecule has 0 radical (unpaired) electrons. The van der Waals surface area contributed by atoms with Gasteiger partial charge in [0.1, 0.15) is 24.4 Å². The second-order valence-corrected chi connectivity index (χ2v) is 4.12. The fourth-order valence-corrected chi connectivity index (χ4v) is 1.91. The van der Waals surface area contributed by atoms with Crippen molar-refractivity contribution in [1.82, 2.24) is 5.32 Å². The molecule has 9 heteroatoms. The molecule has 1 aliphatic heterocycles. The Bertz CT molecular complexity index is 324. The van der Waals surface area contributed by atoms with Crippen LogP contribution in [-0.4, -0.2) is 69.8 Å². The molecule has 4 N–H and O–H groups in total. The predicted octanol–water partition coefficient (Wildman–Crippen LogP) is -2.75. The highest BCUT2D eigenvalue weighted by Gasteiger charge is 2.46. The highest BCUT2D eigenvalue weighted by Crippen LogP contribution is 2.21. The van der Waals surface area contributed by atoms with Gasteiger partial charge >= 0.3 is 0 Å². The van der Waals surface area contributed by atoms with Crippen molar-refractivity contribution >= 4 is 5.91 Å². The second-order valence-electron chi connectivity index (χ2n) is 4.12. The quantitative estimate of drug-likeness (QED) is 0.318. The second kappa shape index (κ2) is 6.05. The number of carbonyl (C=O) groups excluding carboxylic acids is 1. The molecule has 0 aromatic carbocycles. The van der Waals surface area contributed by atoms with E-state index >= 15 is 0 Å². The van der Waals surface area contributed by atoms with Gasteiger partial charge in [-0.3, -0.25) is 14.9 Å². The lowest BCUT2D eigenvalue weighted by molar-refractivity contribution is -0.496. The van der Waals surface area contributed by atoms with Crippen molar-refractivity contribution < 1.29 is 29.8 Å². The van der Waals surface area contributed by atoms with Crippen LogP contribution in [0.25, 0.3) is 0 Å². The van der Waals surface area contributed by atoms with Crippen molar-refractivity contribution in [3.63, 3.8) is 0 Å². The van der Waals surface area contributed by atoms with E-state index < -0.39 is 54.4 Å². The van der Waals surface area contributed by atoms with E-state index in [0.29, 0.717) is 0 Å². The lowest BCUT2D eigenvalue weighted by Crippen LogP contribution is -2.65. The first kappa shape index (κ1) is 14.8. The van der Waals surface area contributed by atoms with Crippen molar-refractivity contribution in [1.29, 1.82) is 0 Å². The molecule has 1 aliphatic rings. The minimum absolute atomic E-state index is 0.509. The summed E-state index contributed by atoms with van der Waals surface area (Å²) in [5.41, 5.74) is 0. The van der Waals surface area contributed by atoms with Gasteiger partial charge in [-0.1, -0.05) is 0 Å². The average Bonchev–Trinajstić information content (AvgIpc) is 2.27. The Kier molecular flexibility index (Phi) is 4.96. The highest BCUT2D eigenvalue weighted by atomic mass is 16.6. The molecule has 1 rings (SSSR count). The summed E-state index contributed by atoms with van der Waals surface area (Å²) in [4.78, 5) is 20.8. The number of aliphatic hydroxyl groups excluding tert-OH is 3. The fourth-order valence-electron chi connectivity index (χ4n) is 1.91. The van der Waals surface area contributed by atoms with Crippen LogP contribution in [0.2, 0.25) is 0 Å². The number of nitrogens with zero attached hydrogens (tertiary/aromatic N) is 1. The number of amides is 1. The van der Waals surface area contributed by atoms with Gasteiger partial charge in [-0.15, -0.1) is 0 Å². The average molecular weight is 264 g/mol. The topological polar surface area (TPSA) is 142 Å². The SMILES string of the molecule is CC(=O)N[C@@H]1[C@@H](O)[C@H](O)[C@@H](CO)O[C@H]1C[N+](=O)[O-]. The van der Waals surface area contributed by atoms with E-state index in [1.165, 1.54) is 6.92 Å². The maximum Gasteiger partial charge on any atom is 0.231 e. The number of rotatable bonds is 4. The lowest BCUT2D eigenvalue weighted by Gasteiger charge is -2.41. The maximum absolute atomic E-state index is 11.0. The molecule has 1 amide bonds. The first-order valence-corrected chi connectivity index (χ1v) is 5.38. The van der Waals surface area contributed by atoms with Gasteiger partial charge in [0.15, 0.2) is 0 Å². The third kappa shape index (κ3) is 3.35. The summed E-state index contributed by atoms with van der Waals surface area (Å²) in [6.07, 6.45) is -5.09. The van der Waals surface area contributed by atoms with Gasteiger partial charge in [0, 0.05) is 11.8 Å². The van der Waals surface area contributed by atoms with E-state index in [9.17, 15) is 25.1 Å². The molecule has 104 valence electrons. The van der Waals surface area contributed by atoms with Crippen LogP contribution < -0.4 is 5.32 Å². The minimum Gasteiger partial charge on any atom is -0.394 e. The zero-order valence-corrected chi connectivity index (χ0v) is 9.72. The van der Waals surface area contributed by atoms with Crippen LogP contribution in [0.5, 0.6) is 0 Å². The van der Waals surface area contributed by atoms with Gasteiger partial charge in [-0.05, 0) is 0 Å². The Morgan fingerprint density at radius 2 is 2.00 bits per heavy atom. The molecule has 5 atom stereocenters. The normalized spacial score (nSPS) is 36.1. The van der Waals surface area contributed by atoms with Crippen LogP contribution >= 0.6 is 0 Å². The Morgan fingerprint density at radius 3 is 2.44 bits per heavy atom. The van der Waals surface area contributed by atoms with E-state index in [1.807, 2.05) is 0 Å². The molecule has 0 saturated carbocycles. The molecule has 0 bridgehead atoms. The molecule has 0 spiro atoms. The molecule has 0 aromatic heterocycles. The molecule has 18 heavy (non-hydrogen) atoms. The third-order valence-electron chi connectivity index (χ3n) is 2.73. The van der Waals surface area contributed by atoms with Crippen LogP contribution in [-0.2, 0) is 9.53 Å². The highest BCUT2D eigenvalue weighted by molar-refractivity contribution is 5.73. The number of carbonyl (C=O) groups is 1. The van der Waals surface area contributed by atoms with Crippen molar-refractivity contribution in [3.05, 3.63) is 10.1 Å². The number of nitrogens with one attached hydrogen (secondary N) is 1. The maximum atomic E-state index is 11.0. The van der Waals surface area contributed by atoms with Gasteiger partial charge in [0.2, 0.25) is 12.5 Å². The predicted molar refractivity (Wildman–Crippen MR) is 57.2 cm³/mol. The summed E-state index contributed by atoms with van der Waals surface area (Å²) in [5.74, 6) is -0.509. The van der Waals surface area contributed by atoms with Crippen molar-refractivity contribution in [2.45, 2.75) is 37.4 Å². The van der Waals surface area contributed by atoms with Gasteiger partial charge in [-0.25, -0.2) is 0 Å². The molecule has 1 heterocycles. The summed E-state index contributed by atoms with van der Waals surface area (Å²) >= 11 is 0. The Morgan fingerprint density at radius 1 is 1.39 bits per heavy atom. The third-order valence-corrected chi connectivity index (χ3v) is 2.73. The zero-order valence-electron chi connectivity index (χ0n) is 9.72. The first-order valence-electron chi connectivity index (χ1n) is 5.38. The van der Waals surface area contributed by atoms with Crippen LogP contribution in [0.15, 0.2) is 0 Å². The van der Waals surface area contributed by atoms with E-state index in [1.54, 1.807) is 0 Å². The summed E-state index contributed by atoms with van der Waals surface area (Å²) in [5, 5.41) is 41.1. The van der Waals surface area contributed by atoms with E-state index in [-0.39, 0.29) is 0 Å². The minimum atomic E-state index is -1.44. The Hall–Kier alpha value is -1.29. The van der Waals surface area contributed by atoms with E-state index in [2.05, 4.69) is 5.32 Å². The van der Waals surface area contributed by atoms with Crippen molar-refractivity contribution in [3.8, 4) is 0 Å². The molecule has 1 fully saturated rings. The summed E-state index contributed by atoms with van der Waals surface area (Å²) in [6.45, 7) is -0.0507. The standard InChI is InChI=1S/C9H16N2O7/c1-4(13)10-7-5(2-11(16)17)18-6(3-12)8(14)9(7)15/h5-9,12,14-15H,2-3H2,1H3,(H,10,13)/t5-,6+,7-,8+,9+/m0/s1. The smallest absolute Gasteiger partial charge is 0.231 e. The van der Waals surface area contributed by atoms with Gasteiger partial charge in [0.25, 0.3) is 0 Å². The van der Waals surface area contributed by atoms with Crippen molar-refractivity contribution in [2.75, 3.05) is 13.2 Å². The molecule has 1 saturated heterocycles. The van der Waals surface area contributed by atoms with Crippen LogP contribution in [0.3, 0.4) is 0 Å². The van der Waals surface area contributed by atoms with Crippen LogP contribution in [0.4, 0.5) is 0 Å². The summed E-state index contributed by atoms with van der Waals surface area (Å²) < 4.78 is 5.13. The molecule has 9 nitrogen and oxygen atoms in total. The molecule has 0 aromatic rings. The molecule has 0 aliphatic carbocycles.